The van der Waals surface area contributed by atoms with Crippen LogP contribution in [0.5, 0.6) is 0 Å². The van der Waals surface area contributed by atoms with E-state index in [1.54, 1.807) is 4.90 Å². The van der Waals surface area contributed by atoms with Gasteiger partial charge in [0.1, 0.15) is 0 Å². The Labute approximate surface area is 145 Å². The zero-order chi connectivity index (χ0) is 16.2. The Morgan fingerprint density at radius 3 is 2.35 bits per heavy atom. The molecule has 1 aromatic rings. The molecule has 3 N–H and O–H groups in total. The van der Waals surface area contributed by atoms with Crippen LogP contribution in [-0.2, 0) is 4.79 Å². The van der Waals surface area contributed by atoms with Crippen LogP contribution < -0.4 is 5.73 Å². The van der Waals surface area contributed by atoms with Crippen LogP contribution in [0.2, 0.25) is 0 Å². The van der Waals surface area contributed by atoms with Gasteiger partial charge >= 0.3 is 0 Å². The Kier molecular flexibility index (Phi) is 7.52. The van der Waals surface area contributed by atoms with Crippen molar-refractivity contribution in [1.29, 1.82) is 0 Å². The van der Waals surface area contributed by atoms with E-state index in [-0.39, 0.29) is 18.3 Å². The van der Waals surface area contributed by atoms with Gasteiger partial charge in [-0.1, -0.05) is 49.1 Å². The number of rotatable bonds is 5. The van der Waals surface area contributed by atoms with E-state index in [9.17, 15) is 9.90 Å². The van der Waals surface area contributed by atoms with Gasteiger partial charge in [-0.25, -0.2) is 0 Å². The standard InChI is InChI=1S/C18H28N2O2.ClH/c1-3-20(17(22)18(19)11-5-4-6-12-18)13-16(21)15-9-7-14(2)8-10-15;/h7-10,16,21H,3-6,11-13,19H2,1-2H3;1H. The Hall–Kier alpha value is -1.10. The van der Waals surface area contributed by atoms with Gasteiger partial charge in [0.25, 0.3) is 0 Å². The lowest BCUT2D eigenvalue weighted by molar-refractivity contribution is -0.139. The summed E-state index contributed by atoms with van der Waals surface area (Å²) in [6, 6.07) is 7.78. The molecule has 0 saturated heterocycles. The van der Waals surface area contributed by atoms with Crippen molar-refractivity contribution in [2.24, 2.45) is 5.73 Å². The molecule has 5 heteroatoms. The molecule has 1 unspecified atom stereocenters. The van der Waals surface area contributed by atoms with Crippen LogP contribution >= 0.6 is 12.4 Å². The van der Waals surface area contributed by atoms with Crippen LogP contribution in [0.4, 0.5) is 0 Å². The summed E-state index contributed by atoms with van der Waals surface area (Å²) in [6.07, 6.45) is 4.02. The fourth-order valence-corrected chi connectivity index (χ4v) is 3.17. The Balaban J connectivity index is 0.00000264. The van der Waals surface area contributed by atoms with Crippen molar-refractivity contribution in [3.8, 4) is 0 Å². The number of carbonyl (C=O) groups excluding carboxylic acids is 1. The third kappa shape index (κ3) is 4.93. The largest absolute Gasteiger partial charge is 0.387 e. The minimum atomic E-state index is -0.735. The summed E-state index contributed by atoms with van der Waals surface area (Å²) in [6.45, 7) is 4.82. The van der Waals surface area contributed by atoms with E-state index in [1.165, 1.54) is 0 Å². The summed E-state index contributed by atoms with van der Waals surface area (Å²) in [7, 11) is 0. The monoisotopic (exact) mass is 340 g/mol. The summed E-state index contributed by atoms with van der Waals surface area (Å²) in [5.41, 5.74) is 7.60. The summed E-state index contributed by atoms with van der Waals surface area (Å²) < 4.78 is 0. The third-order valence-corrected chi connectivity index (χ3v) is 4.70. The van der Waals surface area contributed by atoms with Crippen LogP contribution in [0, 0.1) is 6.92 Å². The first-order valence-corrected chi connectivity index (χ1v) is 8.29. The van der Waals surface area contributed by atoms with Crippen LogP contribution in [0.3, 0.4) is 0 Å². The molecule has 4 nitrogen and oxygen atoms in total. The van der Waals surface area contributed by atoms with Crippen molar-refractivity contribution >= 4 is 18.3 Å². The molecule has 0 radical (unpaired) electrons. The van der Waals surface area contributed by atoms with E-state index in [0.717, 1.165) is 43.2 Å². The minimum Gasteiger partial charge on any atom is -0.387 e. The number of hydrogen-bond donors (Lipinski definition) is 2. The predicted octanol–water partition coefficient (Wildman–Crippen LogP) is 2.96. The number of benzene rings is 1. The number of nitrogens with two attached hydrogens (primary N) is 1. The van der Waals surface area contributed by atoms with Gasteiger partial charge in [0.15, 0.2) is 0 Å². The van der Waals surface area contributed by atoms with Crippen LogP contribution in [0.1, 0.15) is 56.3 Å². The van der Waals surface area contributed by atoms with E-state index < -0.39 is 11.6 Å². The lowest BCUT2D eigenvalue weighted by atomic mass is 9.81. The first-order chi connectivity index (χ1) is 10.5. The normalized spacial score (nSPS) is 17.9. The molecule has 1 aliphatic rings. The van der Waals surface area contributed by atoms with Crippen molar-refractivity contribution in [3.05, 3.63) is 35.4 Å². The zero-order valence-electron chi connectivity index (χ0n) is 14.1. The van der Waals surface area contributed by atoms with Gasteiger partial charge in [0, 0.05) is 6.54 Å². The lowest BCUT2D eigenvalue weighted by Gasteiger charge is -2.37. The SMILES string of the molecule is CCN(CC(O)c1ccc(C)cc1)C(=O)C1(N)CCCCC1.Cl. The maximum atomic E-state index is 12.8. The number of aliphatic hydroxyl groups excluding tert-OH is 1. The summed E-state index contributed by atoms with van der Waals surface area (Å²) >= 11 is 0. The number of nitrogens with zero attached hydrogens (tertiary/aromatic N) is 1. The number of carbonyl (C=O) groups is 1. The maximum absolute atomic E-state index is 12.8. The molecule has 0 aromatic heterocycles. The highest BCUT2D eigenvalue weighted by molar-refractivity contribution is 5.86. The molecule has 1 atom stereocenters. The average molecular weight is 341 g/mol. The van der Waals surface area contributed by atoms with Crippen molar-refractivity contribution in [2.45, 2.75) is 57.6 Å². The molecule has 0 bridgehead atoms. The third-order valence-electron chi connectivity index (χ3n) is 4.70. The van der Waals surface area contributed by atoms with Crippen LogP contribution in [-0.4, -0.2) is 34.5 Å². The Morgan fingerprint density at radius 1 is 1.26 bits per heavy atom. The fraction of sp³-hybridized carbons (Fsp3) is 0.611. The first-order valence-electron chi connectivity index (χ1n) is 8.29. The number of aryl methyl sites for hydroxylation is 1. The van der Waals surface area contributed by atoms with Crippen molar-refractivity contribution < 1.29 is 9.90 Å². The topological polar surface area (TPSA) is 66.6 Å². The molecule has 0 spiro atoms. The molecule has 1 amide bonds. The quantitative estimate of drug-likeness (QED) is 0.866. The van der Waals surface area contributed by atoms with Gasteiger partial charge in [-0.15, -0.1) is 12.4 Å². The predicted molar refractivity (Wildman–Crippen MR) is 95.6 cm³/mol. The number of halogens is 1. The molecule has 0 aliphatic heterocycles. The molecule has 1 fully saturated rings. The summed E-state index contributed by atoms with van der Waals surface area (Å²) in [5.74, 6) is -0.0131. The van der Waals surface area contributed by atoms with Crippen molar-refractivity contribution in [3.63, 3.8) is 0 Å². The van der Waals surface area contributed by atoms with E-state index >= 15 is 0 Å². The number of likely N-dealkylation sites (N-methyl/N-ethyl adjacent to an activating group) is 1. The van der Waals surface area contributed by atoms with Crippen molar-refractivity contribution in [1.82, 2.24) is 4.90 Å². The molecule has 1 aromatic carbocycles. The number of aliphatic hydroxyl groups is 1. The van der Waals surface area contributed by atoms with Gasteiger partial charge in [0.2, 0.25) is 5.91 Å². The van der Waals surface area contributed by atoms with E-state index in [2.05, 4.69) is 0 Å². The maximum Gasteiger partial charge on any atom is 0.242 e. The first kappa shape index (κ1) is 19.9. The molecular formula is C18H29ClN2O2. The molecule has 23 heavy (non-hydrogen) atoms. The molecule has 0 heterocycles. The number of hydrogen-bond acceptors (Lipinski definition) is 3. The smallest absolute Gasteiger partial charge is 0.242 e. The van der Waals surface area contributed by atoms with Gasteiger partial charge in [-0.05, 0) is 32.3 Å². The molecule has 130 valence electrons. The molecular weight excluding hydrogens is 312 g/mol. The van der Waals surface area contributed by atoms with Crippen molar-refractivity contribution in [2.75, 3.05) is 13.1 Å². The highest BCUT2D eigenvalue weighted by atomic mass is 35.5. The summed E-state index contributed by atoms with van der Waals surface area (Å²) in [5, 5.41) is 10.4. The van der Waals surface area contributed by atoms with Gasteiger partial charge in [-0.3, -0.25) is 4.79 Å². The molecule has 2 rings (SSSR count). The fourth-order valence-electron chi connectivity index (χ4n) is 3.17. The van der Waals surface area contributed by atoms with Crippen LogP contribution in [0.25, 0.3) is 0 Å². The second-order valence-corrected chi connectivity index (χ2v) is 6.49. The minimum absolute atomic E-state index is 0. The van der Waals surface area contributed by atoms with Gasteiger partial charge < -0.3 is 15.7 Å². The van der Waals surface area contributed by atoms with E-state index in [0.29, 0.717) is 13.1 Å². The lowest BCUT2D eigenvalue weighted by Crippen LogP contribution is -2.56. The van der Waals surface area contributed by atoms with Gasteiger partial charge in [0.05, 0.1) is 18.2 Å². The van der Waals surface area contributed by atoms with Crippen LogP contribution in [0.15, 0.2) is 24.3 Å². The highest BCUT2D eigenvalue weighted by Gasteiger charge is 2.38. The molecule has 1 aliphatic carbocycles. The zero-order valence-corrected chi connectivity index (χ0v) is 14.9. The highest BCUT2D eigenvalue weighted by Crippen LogP contribution is 2.28. The number of amides is 1. The summed E-state index contributed by atoms with van der Waals surface area (Å²) in [4.78, 5) is 14.5. The Morgan fingerprint density at radius 2 is 1.83 bits per heavy atom. The van der Waals surface area contributed by atoms with E-state index in [1.807, 2.05) is 38.1 Å². The van der Waals surface area contributed by atoms with Gasteiger partial charge in [-0.2, -0.15) is 0 Å². The van der Waals surface area contributed by atoms with E-state index in [4.69, 9.17) is 5.73 Å². The average Bonchev–Trinajstić information content (AvgIpc) is 2.53. The second-order valence-electron chi connectivity index (χ2n) is 6.49. The Bertz CT molecular complexity index is 498. The molecule has 1 saturated carbocycles. The second kappa shape index (κ2) is 8.67.